The summed E-state index contributed by atoms with van der Waals surface area (Å²) in [6, 6.07) is 3.93. The number of sulfonamides is 1. The summed E-state index contributed by atoms with van der Waals surface area (Å²) in [6.45, 7) is 1.90. The molecular weight excluding hydrogens is 278 g/mol. The van der Waals surface area contributed by atoms with Gasteiger partial charge in [-0.1, -0.05) is 24.9 Å². The van der Waals surface area contributed by atoms with E-state index in [1.165, 1.54) is 18.2 Å². The van der Waals surface area contributed by atoms with Gasteiger partial charge in [0.05, 0.1) is 16.3 Å². The Hall–Kier alpha value is -1.27. The van der Waals surface area contributed by atoms with Crippen molar-refractivity contribution in [2.24, 2.45) is 0 Å². The molecule has 0 spiro atoms. The predicted octanol–water partition coefficient (Wildman–Crippen LogP) is 2.58. The second-order valence-electron chi connectivity index (χ2n) is 3.77. The molecule has 0 aliphatic heterocycles. The first-order valence-corrected chi connectivity index (χ1v) is 7.42. The second-order valence-corrected chi connectivity index (χ2v) is 6.02. The predicted molar refractivity (Wildman–Crippen MR) is 70.7 cm³/mol. The molecule has 18 heavy (non-hydrogen) atoms. The highest BCUT2D eigenvalue weighted by Crippen LogP contribution is 2.21. The molecule has 0 fully saturated rings. The molecule has 5 nitrogen and oxygen atoms in total. The molecule has 7 heteroatoms. The largest absolute Gasteiger partial charge is 0.478 e. The lowest BCUT2D eigenvalue weighted by Gasteiger charge is -2.08. The first-order valence-electron chi connectivity index (χ1n) is 5.39. The van der Waals surface area contributed by atoms with Gasteiger partial charge in [-0.05, 0) is 24.6 Å². The standard InChI is InChI=1S/C11H14ClNO4S/c1-2-3-6-18(16,17)13-8-4-5-9(11(14)15)10(12)7-8/h4-5,7,13H,2-3,6H2,1H3,(H,14,15). The molecule has 0 saturated carbocycles. The van der Waals surface area contributed by atoms with Crippen molar-refractivity contribution in [3.63, 3.8) is 0 Å². The van der Waals surface area contributed by atoms with Gasteiger partial charge in [-0.2, -0.15) is 0 Å². The summed E-state index contributed by atoms with van der Waals surface area (Å²) in [7, 11) is -3.40. The quantitative estimate of drug-likeness (QED) is 0.844. The van der Waals surface area contributed by atoms with Gasteiger partial charge in [0, 0.05) is 5.69 Å². The van der Waals surface area contributed by atoms with Gasteiger partial charge in [0.15, 0.2) is 0 Å². The Morgan fingerprint density at radius 2 is 2.11 bits per heavy atom. The normalized spacial score (nSPS) is 11.2. The SMILES string of the molecule is CCCCS(=O)(=O)Nc1ccc(C(=O)O)c(Cl)c1. The van der Waals surface area contributed by atoms with Crippen molar-refractivity contribution in [2.45, 2.75) is 19.8 Å². The molecule has 0 bridgehead atoms. The number of hydrogen-bond acceptors (Lipinski definition) is 3. The van der Waals surface area contributed by atoms with E-state index in [1.54, 1.807) is 0 Å². The molecule has 0 radical (unpaired) electrons. The molecule has 0 aliphatic rings. The Labute approximate surface area is 111 Å². The van der Waals surface area contributed by atoms with Crippen molar-refractivity contribution in [2.75, 3.05) is 10.5 Å². The highest BCUT2D eigenvalue weighted by Gasteiger charge is 2.13. The number of halogens is 1. The van der Waals surface area contributed by atoms with Crippen LogP contribution in [-0.4, -0.2) is 25.2 Å². The molecule has 1 aromatic carbocycles. The number of rotatable bonds is 6. The number of unbranched alkanes of at least 4 members (excludes halogenated alkanes) is 1. The van der Waals surface area contributed by atoms with E-state index in [9.17, 15) is 13.2 Å². The minimum atomic E-state index is -3.40. The van der Waals surface area contributed by atoms with Crippen LogP contribution in [0.4, 0.5) is 5.69 Å². The lowest BCUT2D eigenvalue weighted by molar-refractivity contribution is 0.0697. The summed E-state index contributed by atoms with van der Waals surface area (Å²) in [5, 5.41) is 8.78. The third-order valence-corrected chi connectivity index (χ3v) is 3.93. The van der Waals surface area contributed by atoms with Crippen molar-refractivity contribution in [3.05, 3.63) is 28.8 Å². The number of hydrogen-bond donors (Lipinski definition) is 2. The average molecular weight is 292 g/mol. The van der Waals surface area contributed by atoms with Gasteiger partial charge >= 0.3 is 5.97 Å². The van der Waals surface area contributed by atoms with Crippen LogP contribution in [0.5, 0.6) is 0 Å². The summed E-state index contributed by atoms with van der Waals surface area (Å²) >= 11 is 5.74. The van der Waals surface area contributed by atoms with E-state index < -0.39 is 16.0 Å². The van der Waals surface area contributed by atoms with Crippen LogP contribution in [-0.2, 0) is 10.0 Å². The maximum Gasteiger partial charge on any atom is 0.337 e. The number of benzene rings is 1. The van der Waals surface area contributed by atoms with Crippen LogP contribution < -0.4 is 4.72 Å². The summed E-state index contributed by atoms with van der Waals surface area (Å²) < 4.78 is 25.6. The van der Waals surface area contributed by atoms with Crippen LogP contribution in [0.1, 0.15) is 30.1 Å². The van der Waals surface area contributed by atoms with E-state index in [-0.39, 0.29) is 22.0 Å². The molecule has 1 rings (SSSR count). The molecule has 0 unspecified atom stereocenters. The zero-order chi connectivity index (χ0) is 13.8. The van der Waals surface area contributed by atoms with E-state index in [4.69, 9.17) is 16.7 Å². The maximum atomic E-state index is 11.6. The van der Waals surface area contributed by atoms with E-state index in [0.717, 1.165) is 6.42 Å². The van der Waals surface area contributed by atoms with Crippen LogP contribution >= 0.6 is 11.6 Å². The molecule has 0 aromatic heterocycles. The highest BCUT2D eigenvalue weighted by atomic mass is 35.5. The zero-order valence-electron chi connectivity index (χ0n) is 9.81. The molecule has 0 aliphatic carbocycles. The van der Waals surface area contributed by atoms with Crippen LogP contribution in [0.15, 0.2) is 18.2 Å². The van der Waals surface area contributed by atoms with Crippen LogP contribution in [0, 0.1) is 0 Å². The lowest BCUT2D eigenvalue weighted by Crippen LogP contribution is -2.16. The van der Waals surface area contributed by atoms with Crippen LogP contribution in [0.25, 0.3) is 0 Å². The number of aromatic carboxylic acids is 1. The number of carboxylic acid groups (broad SMARTS) is 1. The first-order chi connectivity index (χ1) is 8.35. The van der Waals surface area contributed by atoms with Crippen molar-refractivity contribution in [3.8, 4) is 0 Å². The molecule has 0 saturated heterocycles. The molecule has 0 atom stereocenters. The van der Waals surface area contributed by atoms with E-state index in [1.807, 2.05) is 6.92 Å². The molecule has 1 aromatic rings. The van der Waals surface area contributed by atoms with Crippen molar-refractivity contribution in [1.82, 2.24) is 0 Å². The van der Waals surface area contributed by atoms with E-state index in [2.05, 4.69) is 4.72 Å². The van der Waals surface area contributed by atoms with Gasteiger partial charge < -0.3 is 5.11 Å². The van der Waals surface area contributed by atoms with Crippen molar-refractivity contribution in [1.29, 1.82) is 0 Å². The van der Waals surface area contributed by atoms with Crippen LogP contribution in [0.2, 0.25) is 5.02 Å². The fourth-order valence-corrected chi connectivity index (χ4v) is 2.84. The topological polar surface area (TPSA) is 83.5 Å². The zero-order valence-corrected chi connectivity index (χ0v) is 11.4. The summed E-state index contributed by atoms with van der Waals surface area (Å²) in [5.41, 5.74) is 0.203. The number of carbonyl (C=O) groups is 1. The lowest BCUT2D eigenvalue weighted by atomic mass is 10.2. The summed E-state index contributed by atoms with van der Waals surface area (Å²) in [5.74, 6) is -1.12. The maximum absolute atomic E-state index is 11.6. The Balaban J connectivity index is 2.87. The Morgan fingerprint density at radius 3 is 2.61 bits per heavy atom. The van der Waals surface area contributed by atoms with Gasteiger partial charge in [-0.25, -0.2) is 13.2 Å². The molecule has 100 valence electrons. The fourth-order valence-electron chi connectivity index (χ4n) is 1.32. The Bertz CT molecular complexity index is 542. The molecule has 0 heterocycles. The minimum absolute atomic E-state index is 0.00167. The second kappa shape index (κ2) is 6.06. The minimum Gasteiger partial charge on any atom is -0.478 e. The van der Waals surface area contributed by atoms with Gasteiger partial charge in [-0.15, -0.1) is 0 Å². The van der Waals surface area contributed by atoms with Gasteiger partial charge in [-0.3, -0.25) is 4.72 Å². The van der Waals surface area contributed by atoms with Crippen molar-refractivity contribution >= 4 is 33.3 Å². The molecular formula is C11H14ClNO4S. The fraction of sp³-hybridized carbons (Fsp3) is 0.364. The summed E-state index contributed by atoms with van der Waals surface area (Å²) in [6.07, 6.45) is 1.34. The first kappa shape index (κ1) is 14.8. The number of carboxylic acids is 1. The average Bonchev–Trinajstić information content (AvgIpc) is 2.25. The van der Waals surface area contributed by atoms with Gasteiger partial charge in [0.2, 0.25) is 10.0 Å². The molecule has 2 N–H and O–H groups in total. The monoisotopic (exact) mass is 291 g/mol. The smallest absolute Gasteiger partial charge is 0.337 e. The Morgan fingerprint density at radius 1 is 1.44 bits per heavy atom. The highest BCUT2D eigenvalue weighted by molar-refractivity contribution is 7.92. The van der Waals surface area contributed by atoms with E-state index in [0.29, 0.717) is 6.42 Å². The van der Waals surface area contributed by atoms with Gasteiger partial charge in [0.25, 0.3) is 0 Å². The van der Waals surface area contributed by atoms with Crippen molar-refractivity contribution < 1.29 is 18.3 Å². The van der Waals surface area contributed by atoms with Gasteiger partial charge in [0.1, 0.15) is 0 Å². The Kier molecular flexibility index (Phi) is 4.98. The summed E-state index contributed by atoms with van der Waals surface area (Å²) in [4.78, 5) is 10.7. The number of anilines is 1. The van der Waals surface area contributed by atoms with E-state index >= 15 is 0 Å². The third kappa shape index (κ3) is 4.19. The third-order valence-electron chi connectivity index (χ3n) is 2.24. The number of nitrogens with one attached hydrogen (secondary N) is 1. The molecule has 0 amide bonds. The van der Waals surface area contributed by atoms with Crippen LogP contribution in [0.3, 0.4) is 0 Å².